The van der Waals surface area contributed by atoms with Crippen molar-refractivity contribution in [3.63, 3.8) is 0 Å². The minimum atomic E-state index is -1.08. The van der Waals surface area contributed by atoms with Crippen molar-refractivity contribution in [3.05, 3.63) is 0 Å². The fourth-order valence-corrected chi connectivity index (χ4v) is 0. The third-order valence-electron chi connectivity index (χ3n) is 0. The second-order valence-corrected chi connectivity index (χ2v) is 2.46. The molecule has 0 rings (SSSR count). The quantitative estimate of drug-likeness (QED) is 0.377. The standard InChI is InChI=1S/5C2H4O2.Li.Ti/c5*1-2(3)4;;/h5*1H3,(H,3,4);;/q;;;;;+1;+4/p-5. The second-order valence-electron chi connectivity index (χ2n) is 2.46. The van der Waals surface area contributed by atoms with Gasteiger partial charge < -0.3 is 49.5 Å². The molecule has 0 saturated heterocycles. The van der Waals surface area contributed by atoms with Crippen molar-refractivity contribution >= 4 is 29.8 Å². The minimum absolute atomic E-state index is 0. The van der Waals surface area contributed by atoms with E-state index >= 15 is 0 Å². The maximum absolute atomic E-state index is 8.89. The van der Waals surface area contributed by atoms with Gasteiger partial charge in [-0.1, -0.05) is 0 Å². The number of carbonyl (C=O) groups is 5. The van der Waals surface area contributed by atoms with Crippen LogP contribution in [-0.4, -0.2) is 29.8 Å². The second kappa shape index (κ2) is 36.7. The molecule has 0 N–H and O–H groups in total. The fraction of sp³-hybridized carbons (Fsp3) is 0.500. The van der Waals surface area contributed by atoms with Gasteiger partial charge >= 0.3 is 40.6 Å². The molecule has 12 heteroatoms. The zero-order chi connectivity index (χ0) is 17.9. The molecule has 0 heterocycles. The van der Waals surface area contributed by atoms with Crippen LogP contribution in [0, 0.1) is 0 Å². The number of hydrogen-bond acceptors (Lipinski definition) is 10. The van der Waals surface area contributed by atoms with E-state index in [9.17, 15) is 0 Å². The number of aliphatic carboxylic acids is 5. The molecule has 10 nitrogen and oxygen atoms in total. The molecule has 0 saturated carbocycles. The molecule has 0 aromatic carbocycles. The SMILES string of the molecule is CC(=O)[O-].CC(=O)[O-].CC(=O)[O-].CC(=O)[O-].CC(=O)[O-].[Li+].[Ti+4]. The predicted octanol–water partition coefficient (Wildman–Crippen LogP) is -9.22. The molecule has 0 aliphatic carbocycles. The van der Waals surface area contributed by atoms with Crippen LogP contribution in [0.1, 0.15) is 34.6 Å². The van der Waals surface area contributed by atoms with E-state index in [1.54, 1.807) is 0 Å². The van der Waals surface area contributed by atoms with Crippen molar-refractivity contribution in [1.29, 1.82) is 0 Å². The van der Waals surface area contributed by atoms with Gasteiger partial charge in [-0.25, -0.2) is 0 Å². The van der Waals surface area contributed by atoms with Crippen LogP contribution in [0.4, 0.5) is 0 Å². The van der Waals surface area contributed by atoms with Crippen molar-refractivity contribution in [2.45, 2.75) is 34.6 Å². The monoisotopic (exact) mass is 350 g/mol. The van der Waals surface area contributed by atoms with E-state index in [0.717, 1.165) is 34.6 Å². The van der Waals surface area contributed by atoms with Gasteiger partial charge in [-0.15, -0.1) is 0 Å². The van der Waals surface area contributed by atoms with Crippen molar-refractivity contribution < 1.29 is 90.1 Å². The summed E-state index contributed by atoms with van der Waals surface area (Å²) in [4.78, 5) is 44.4. The molecule has 0 aromatic heterocycles. The number of carboxylic acids is 5. The van der Waals surface area contributed by atoms with E-state index in [2.05, 4.69) is 0 Å². The number of carbonyl (C=O) groups excluding carboxylic acids is 5. The topological polar surface area (TPSA) is 201 Å². The average molecular weight is 350 g/mol. The zero-order valence-electron chi connectivity index (χ0n) is 13.1. The van der Waals surface area contributed by atoms with Crippen LogP contribution in [0.5, 0.6) is 0 Å². The van der Waals surface area contributed by atoms with Crippen molar-refractivity contribution in [2.75, 3.05) is 0 Å². The van der Waals surface area contributed by atoms with Gasteiger partial charge in [0.25, 0.3) is 0 Å². The van der Waals surface area contributed by atoms with Crippen LogP contribution >= 0.6 is 0 Å². The predicted molar refractivity (Wildman–Crippen MR) is 53.4 cm³/mol. The molecule has 0 unspecified atom stereocenters. The van der Waals surface area contributed by atoms with Gasteiger partial charge in [0.1, 0.15) is 0 Å². The molecular weight excluding hydrogens is 335 g/mol. The zero-order valence-corrected chi connectivity index (χ0v) is 14.6. The Morgan fingerprint density at radius 2 is 0.455 bits per heavy atom. The number of rotatable bonds is 0. The molecule has 0 aliphatic heterocycles. The van der Waals surface area contributed by atoms with Gasteiger partial charge in [0.15, 0.2) is 0 Å². The number of carboxylic acid groups (broad SMARTS) is 5. The van der Waals surface area contributed by atoms with E-state index in [0.29, 0.717) is 0 Å². The first-order chi connectivity index (χ1) is 8.66. The van der Waals surface area contributed by atoms with Gasteiger partial charge in [0.05, 0.1) is 0 Å². The Morgan fingerprint density at radius 3 is 0.455 bits per heavy atom. The average Bonchev–Trinajstić information content (AvgIpc) is 1.94. The maximum atomic E-state index is 8.89. The first-order valence-electron chi connectivity index (χ1n) is 4.54. The summed E-state index contributed by atoms with van der Waals surface area (Å²) in [7, 11) is 0. The maximum Gasteiger partial charge on any atom is 4.00 e. The Morgan fingerprint density at radius 1 is 0.455 bits per heavy atom. The number of hydrogen-bond donors (Lipinski definition) is 0. The summed E-state index contributed by atoms with van der Waals surface area (Å²) in [6.45, 7) is 4.86. The van der Waals surface area contributed by atoms with Crippen molar-refractivity contribution in [1.82, 2.24) is 0 Å². The summed E-state index contributed by atoms with van der Waals surface area (Å²) >= 11 is 0. The van der Waals surface area contributed by atoms with E-state index in [-0.39, 0.29) is 40.6 Å². The first kappa shape index (κ1) is 42.8. The Bertz CT molecular complexity index is 216. The van der Waals surface area contributed by atoms with Crippen LogP contribution in [-0.2, 0) is 45.7 Å². The van der Waals surface area contributed by atoms with Crippen LogP contribution in [0.2, 0.25) is 0 Å². The first-order valence-corrected chi connectivity index (χ1v) is 4.54. The van der Waals surface area contributed by atoms with Gasteiger partial charge in [-0.2, -0.15) is 0 Å². The Balaban J connectivity index is -0.0000000250. The summed E-state index contributed by atoms with van der Waals surface area (Å²) < 4.78 is 0. The molecule has 0 aromatic rings. The van der Waals surface area contributed by atoms with Gasteiger partial charge in [0, 0.05) is 29.8 Å². The van der Waals surface area contributed by atoms with E-state index in [1.807, 2.05) is 0 Å². The summed E-state index contributed by atoms with van der Waals surface area (Å²) in [5.74, 6) is -5.42. The van der Waals surface area contributed by atoms with Crippen molar-refractivity contribution in [3.8, 4) is 0 Å². The minimum Gasteiger partial charge on any atom is -0.550 e. The van der Waals surface area contributed by atoms with Crippen molar-refractivity contribution in [2.24, 2.45) is 0 Å². The van der Waals surface area contributed by atoms with Crippen LogP contribution in [0.15, 0.2) is 0 Å². The summed E-state index contributed by atoms with van der Waals surface area (Å²) in [6.07, 6.45) is 0. The van der Waals surface area contributed by atoms with Gasteiger partial charge in [-0.3, -0.25) is 0 Å². The van der Waals surface area contributed by atoms with Gasteiger partial charge in [-0.05, 0) is 34.6 Å². The Labute approximate surface area is 154 Å². The molecule has 0 aliphatic rings. The van der Waals surface area contributed by atoms with E-state index < -0.39 is 29.8 Å². The summed E-state index contributed by atoms with van der Waals surface area (Å²) in [6, 6.07) is 0. The molecule has 22 heavy (non-hydrogen) atoms. The molecule has 0 bridgehead atoms. The molecule has 120 valence electrons. The molecule has 0 spiro atoms. The largest absolute Gasteiger partial charge is 4.00 e. The van der Waals surface area contributed by atoms with E-state index in [4.69, 9.17) is 49.5 Å². The molecule has 0 atom stereocenters. The van der Waals surface area contributed by atoms with Crippen LogP contribution in [0.3, 0.4) is 0 Å². The summed E-state index contributed by atoms with van der Waals surface area (Å²) in [5.41, 5.74) is 0. The third kappa shape index (κ3) is 3250. The van der Waals surface area contributed by atoms with Crippen LogP contribution in [0.25, 0.3) is 0 Å². The Hall–Kier alpha value is -1.34. The molecule has 0 fully saturated rings. The van der Waals surface area contributed by atoms with E-state index in [1.165, 1.54) is 0 Å². The molecule has 0 amide bonds. The Kier molecular flexibility index (Phi) is 71.4. The normalized spacial score (nSPS) is 5.68. The molecular formula is C10H15LiO10Ti. The van der Waals surface area contributed by atoms with Gasteiger partial charge in [0.2, 0.25) is 0 Å². The smallest absolute Gasteiger partial charge is 0.550 e. The fourth-order valence-electron chi connectivity index (χ4n) is 0. The third-order valence-corrected chi connectivity index (χ3v) is 0. The van der Waals surface area contributed by atoms with Crippen LogP contribution < -0.4 is 44.4 Å². The summed E-state index contributed by atoms with van der Waals surface area (Å²) in [5, 5.41) is 44.4. The molecule has 0 radical (unpaired) electrons.